The number of ether oxygens (including phenoxy) is 2. The summed E-state index contributed by atoms with van der Waals surface area (Å²) in [6.45, 7) is 4.71. The molecule has 2 unspecified atom stereocenters. The zero-order chi connectivity index (χ0) is 14.8. The van der Waals surface area contributed by atoms with E-state index in [4.69, 9.17) is 9.47 Å². The standard InChI is InChI=1S/C17H25NO2S/c1-4-7-18-8-9-21-17-11-13-12(10-14(17)18)15(19-2)5-6-16(13)20-3/h5-6,14,17H,4,7-11H2,1-3H3. The summed E-state index contributed by atoms with van der Waals surface area (Å²) in [6.07, 6.45) is 3.43. The minimum absolute atomic E-state index is 0.650. The second-order valence-corrected chi connectivity index (χ2v) is 7.20. The zero-order valence-corrected chi connectivity index (χ0v) is 14.0. The van der Waals surface area contributed by atoms with Gasteiger partial charge in [0.15, 0.2) is 0 Å². The Kier molecular flexibility index (Phi) is 4.65. The highest BCUT2D eigenvalue weighted by Crippen LogP contribution is 2.42. The maximum absolute atomic E-state index is 5.61. The molecule has 21 heavy (non-hydrogen) atoms. The Morgan fingerprint density at radius 2 is 1.81 bits per heavy atom. The summed E-state index contributed by atoms with van der Waals surface area (Å²) < 4.78 is 11.2. The number of nitrogens with zero attached hydrogens (tertiary/aromatic N) is 1. The van der Waals surface area contributed by atoms with Crippen molar-refractivity contribution in [3.63, 3.8) is 0 Å². The largest absolute Gasteiger partial charge is 0.496 e. The van der Waals surface area contributed by atoms with E-state index < -0.39 is 0 Å². The normalized spacial score (nSPS) is 25.1. The van der Waals surface area contributed by atoms with Crippen LogP contribution in [0, 0.1) is 0 Å². The second kappa shape index (κ2) is 6.49. The van der Waals surface area contributed by atoms with E-state index in [1.54, 1.807) is 14.2 Å². The number of hydrogen-bond donors (Lipinski definition) is 0. The molecule has 0 amide bonds. The molecule has 4 heteroatoms. The minimum Gasteiger partial charge on any atom is -0.496 e. The van der Waals surface area contributed by atoms with Gasteiger partial charge < -0.3 is 9.47 Å². The first kappa shape index (κ1) is 15.0. The van der Waals surface area contributed by atoms with Crippen LogP contribution in [0.5, 0.6) is 11.5 Å². The summed E-state index contributed by atoms with van der Waals surface area (Å²) in [7, 11) is 3.54. The number of benzene rings is 1. The van der Waals surface area contributed by atoms with E-state index in [9.17, 15) is 0 Å². The monoisotopic (exact) mass is 307 g/mol. The molecule has 3 rings (SSSR count). The van der Waals surface area contributed by atoms with Gasteiger partial charge in [0.2, 0.25) is 0 Å². The van der Waals surface area contributed by atoms with Crippen LogP contribution in [0.15, 0.2) is 12.1 Å². The first-order valence-corrected chi connectivity index (χ1v) is 8.91. The first-order chi connectivity index (χ1) is 10.3. The van der Waals surface area contributed by atoms with Crippen molar-refractivity contribution in [2.75, 3.05) is 33.1 Å². The van der Waals surface area contributed by atoms with Crippen LogP contribution in [-0.2, 0) is 12.8 Å². The fourth-order valence-electron chi connectivity index (χ4n) is 3.74. The van der Waals surface area contributed by atoms with Crippen molar-refractivity contribution in [2.45, 2.75) is 37.5 Å². The van der Waals surface area contributed by atoms with Crippen molar-refractivity contribution < 1.29 is 9.47 Å². The number of hydrogen-bond acceptors (Lipinski definition) is 4. The van der Waals surface area contributed by atoms with E-state index in [-0.39, 0.29) is 0 Å². The molecule has 1 saturated heterocycles. The molecule has 1 aromatic carbocycles. The van der Waals surface area contributed by atoms with Crippen molar-refractivity contribution in [1.82, 2.24) is 4.90 Å². The molecule has 0 spiro atoms. The summed E-state index contributed by atoms with van der Waals surface area (Å²) in [4.78, 5) is 2.68. The summed E-state index contributed by atoms with van der Waals surface area (Å²) in [5.74, 6) is 3.30. The average molecular weight is 307 g/mol. The first-order valence-electron chi connectivity index (χ1n) is 7.86. The van der Waals surface area contributed by atoms with Gasteiger partial charge in [0.05, 0.1) is 14.2 Å². The van der Waals surface area contributed by atoms with Gasteiger partial charge in [-0.1, -0.05) is 6.92 Å². The van der Waals surface area contributed by atoms with Gasteiger partial charge in [0.25, 0.3) is 0 Å². The lowest BCUT2D eigenvalue weighted by atomic mass is 9.85. The predicted octanol–water partition coefficient (Wildman–Crippen LogP) is 3.00. The Labute approximate surface area is 132 Å². The predicted molar refractivity (Wildman–Crippen MR) is 88.9 cm³/mol. The van der Waals surface area contributed by atoms with Crippen molar-refractivity contribution >= 4 is 11.8 Å². The zero-order valence-electron chi connectivity index (χ0n) is 13.2. The van der Waals surface area contributed by atoms with Crippen LogP contribution < -0.4 is 9.47 Å². The van der Waals surface area contributed by atoms with Gasteiger partial charge >= 0.3 is 0 Å². The maximum atomic E-state index is 5.61. The van der Waals surface area contributed by atoms with Gasteiger partial charge in [-0.05, 0) is 37.9 Å². The van der Waals surface area contributed by atoms with Crippen molar-refractivity contribution in [2.24, 2.45) is 0 Å². The van der Waals surface area contributed by atoms with Crippen molar-refractivity contribution in [1.29, 1.82) is 0 Å². The fraction of sp³-hybridized carbons (Fsp3) is 0.647. The number of thioether (sulfide) groups is 1. The smallest absolute Gasteiger partial charge is 0.122 e. The summed E-state index contributed by atoms with van der Waals surface area (Å²) in [5.41, 5.74) is 2.73. The number of fused-ring (bicyclic) bond motifs is 2. The van der Waals surface area contributed by atoms with E-state index >= 15 is 0 Å². The van der Waals surface area contributed by atoms with Crippen LogP contribution in [0.3, 0.4) is 0 Å². The lowest BCUT2D eigenvalue weighted by Crippen LogP contribution is -2.51. The van der Waals surface area contributed by atoms with Crippen LogP contribution in [-0.4, -0.2) is 49.3 Å². The van der Waals surface area contributed by atoms with Crippen LogP contribution in [0.1, 0.15) is 24.5 Å². The lowest BCUT2D eigenvalue weighted by Gasteiger charge is -2.44. The van der Waals surface area contributed by atoms with Gasteiger partial charge in [0.1, 0.15) is 11.5 Å². The molecule has 3 nitrogen and oxygen atoms in total. The highest BCUT2D eigenvalue weighted by atomic mass is 32.2. The SMILES string of the molecule is CCCN1CCSC2Cc3c(OC)ccc(OC)c3CC21. The van der Waals surface area contributed by atoms with Gasteiger partial charge in [-0.15, -0.1) is 0 Å². The molecule has 0 aromatic heterocycles. The van der Waals surface area contributed by atoms with Crippen molar-refractivity contribution in [3.8, 4) is 11.5 Å². The van der Waals surface area contributed by atoms with E-state index in [1.807, 2.05) is 0 Å². The highest BCUT2D eigenvalue weighted by Gasteiger charge is 2.37. The second-order valence-electron chi connectivity index (χ2n) is 5.85. The van der Waals surface area contributed by atoms with E-state index in [0.29, 0.717) is 11.3 Å². The van der Waals surface area contributed by atoms with E-state index in [0.717, 1.165) is 24.3 Å². The van der Waals surface area contributed by atoms with Crippen LogP contribution in [0.2, 0.25) is 0 Å². The third-order valence-electron chi connectivity index (χ3n) is 4.72. The Hall–Kier alpha value is -0.870. The lowest BCUT2D eigenvalue weighted by molar-refractivity contribution is 0.186. The van der Waals surface area contributed by atoms with Crippen LogP contribution in [0.4, 0.5) is 0 Å². The molecule has 1 aromatic rings. The Morgan fingerprint density at radius 1 is 1.14 bits per heavy atom. The molecule has 0 saturated carbocycles. The molecule has 1 aliphatic carbocycles. The maximum Gasteiger partial charge on any atom is 0.122 e. The molecule has 1 heterocycles. The molecular weight excluding hydrogens is 282 g/mol. The molecule has 2 atom stereocenters. The summed E-state index contributed by atoms with van der Waals surface area (Å²) in [6, 6.07) is 4.75. The Balaban J connectivity index is 1.96. The minimum atomic E-state index is 0.650. The molecule has 116 valence electrons. The molecule has 1 aliphatic heterocycles. The molecule has 1 fully saturated rings. The third kappa shape index (κ3) is 2.76. The highest BCUT2D eigenvalue weighted by molar-refractivity contribution is 8.00. The number of methoxy groups -OCH3 is 2. The molecular formula is C17H25NO2S. The van der Waals surface area contributed by atoms with Gasteiger partial charge in [0, 0.05) is 34.7 Å². The average Bonchev–Trinajstić information content (AvgIpc) is 2.52. The van der Waals surface area contributed by atoms with Gasteiger partial charge in [-0.3, -0.25) is 4.90 Å². The van der Waals surface area contributed by atoms with Gasteiger partial charge in [-0.2, -0.15) is 11.8 Å². The fourth-order valence-corrected chi connectivity index (χ4v) is 5.16. The Morgan fingerprint density at radius 3 is 2.43 bits per heavy atom. The van der Waals surface area contributed by atoms with Gasteiger partial charge in [-0.25, -0.2) is 0 Å². The quantitative estimate of drug-likeness (QED) is 0.852. The molecule has 0 N–H and O–H groups in total. The Bertz CT molecular complexity index is 504. The number of rotatable bonds is 4. The molecule has 0 bridgehead atoms. The van der Waals surface area contributed by atoms with Crippen molar-refractivity contribution in [3.05, 3.63) is 23.3 Å². The summed E-state index contributed by atoms with van der Waals surface area (Å²) >= 11 is 2.13. The summed E-state index contributed by atoms with van der Waals surface area (Å²) in [5, 5.41) is 0.693. The topological polar surface area (TPSA) is 21.7 Å². The molecule has 0 radical (unpaired) electrons. The third-order valence-corrected chi connectivity index (χ3v) is 6.05. The molecule has 2 aliphatic rings. The van der Waals surface area contributed by atoms with Crippen LogP contribution >= 0.6 is 11.8 Å². The van der Waals surface area contributed by atoms with E-state index in [1.165, 1.54) is 36.4 Å². The van der Waals surface area contributed by atoms with E-state index in [2.05, 4.69) is 35.7 Å². The van der Waals surface area contributed by atoms with Crippen LogP contribution in [0.25, 0.3) is 0 Å².